The van der Waals surface area contributed by atoms with Crippen LogP contribution in [0.5, 0.6) is 0 Å². The minimum absolute atomic E-state index is 0.0818. The molecule has 6 bridgehead atoms. The second-order valence-corrected chi connectivity index (χ2v) is 20.9. The standard InChI is InChI=1S/C54H77N9O7/c1-11-46(64)61-23-20-40(33-61)51(66)59(9)49(35(3)4)50(65)56-43-30-37-15-13-16-38(29-37)39-18-19-44-41(31-39)47(36(5)62(44)12-2)48(45(69-10)32-55-21-24-60-27-25-58(8)26-28-60)54(6,7)34-70-53(68)42-17-14-22-63(57-42)52(43)67/h11,13,15-16,18-19,21,29,31,35,40,42-43,45,48-49,57H,1,12,14,17,20,22-28,30,32-34H2,2-10H3,(H,56,65)/t40-,42-,43-,45+,48?,49-/m0/s1. The van der Waals surface area contributed by atoms with Crippen molar-refractivity contribution in [3.8, 4) is 11.1 Å². The molecule has 4 aliphatic rings. The number of piperazine rings is 1. The smallest absolute Gasteiger partial charge is 0.324 e. The molecule has 1 aromatic heterocycles. The lowest BCUT2D eigenvalue weighted by molar-refractivity contribution is -0.156. The van der Waals surface area contributed by atoms with Crippen LogP contribution in [0.15, 0.2) is 60.1 Å². The number of nitrogens with one attached hydrogen (secondary N) is 2. The number of fused-ring (bicyclic) bond motifs is 6. The molecule has 7 rings (SSSR count). The SMILES string of the molecule is C=CC(=O)N1CC[C@H](C(=O)N(C)[C@H](C(=O)N[C@H]2Cc3cccc(c3)-c3ccc4c(c3)c(c(C)n4CC)C([C@@H](CN=CCN3CCN(C)CC3)OC)C(C)(C)COC(=O)[C@@H]3CCCN(N3)C2=O)C(C)C)C1. The van der Waals surface area contributed by atoms with Gasteiger partial charge in [0.15, 0.2) is 0 Å². The van der Waals surface area contributed by atoms with Crippen LogP contribution in [0.3, 0.4) is 0 Å². The maximum Gasteiger partial charge on any atom is 0.324 e. The minimum atomic E-state index is -1.05. The number of hydrogen-bond donors (Lipinski definition) is 2. The number of nitrogens with zero attached hydrogens (tertiary/aromatic N) is 7. The second kappa shape index (κ2) is 22.8. The Morgan fingerprint density at radius 2 is 1.79 bits per heavy atom. The van der Waals surface area contributed by atoms with E-state index in [4.69, 9.17) is 14.5 Å². The fraction of sp³-hybridized carbons (Fsp3) is 0.593. The molecule has 1 unspecified atom stereocenters. The number of aliphatic imine (C=N–C) groups is 1. The van der Waals surface area contributed by atoms with Gasteiger partial charge in [-0.2, -0.15) is 0 Å². The molecule has 4 aliphatic heterocycles. The lowest BCUT2D eigenvalue weighted by atomic mass is 9.71. The quantitative estimate of drug-likeness (QED) is 0.140. The van der Waals surface area contributed by atoms with Crippen LogP contribution in [0.1, 0.15) is 76.6 Å². The first-order chi connectivity index (χ1) is 33.5. The Morgan fingerprint density at radius 3 is 2.49 bits per heavy atom. The van der Waals surface area contributed by atoms with Crippen molar-refractivity contribution in [1.82, 2.24) is 39.9 Å². The van der Waals surface area contributed by atoms with Gasteiger partial charge in [0.05, 0.1) is 25.2 Å². The Morgan fingerprint density at radius 1 is 1.04 bits per heavy atom. The Bertz CT molecular complexity index is 2420. The lowest BCUT2D eigenvalue weighted by Gasteiger charge is -2.40. The number of aryl methyl sites for hydroxylation is 1. The summed E-state index contributed by atoms with van der Waals surface area (Å²) in [6, 6.07) is 11.9. The molecule has 5 heterocycles. The van der Waals surface area contributed by atoms with E-state index < -0.39 is 47.2 Å². The lowest BCUT2D eigenvalue weighted by Crippen LogP contribution is -2.62. The minimum Gasteiger partial charge on any atom is -0.464 e. The summed E-state index contributed by atoms with van der Waals surface area (Å²) < 4.78 is 15.1. The maximum absolute atomic E-state index is 14.8. The average molecular weight is 964 g/mol. The molecular formula is C54H77N9O7. The van der Waals surface area contributed by atoms with E-state index in [9.17, 15) is 24.0 Å². The molecule has 3 fully saturated rings. The van der Waals surface area contributed by atoms with Crippen molar-refractivity contribution in [2.45, 2.75) is 104 Å². The summed E-state index contributed by atoms with van der Waals surface area (Å²) in [5.41, 5.74) is 8.65. The van der Waals surface area contributed by atoms with Gasteiger partial charge in [-0.1, -0.05) is 64.6 Å². The van der Waals surface area contributed by atoms with E-state index in [2.05, 4.69) is 96.8 Å². The largest absolute Gasteiger partial charge is 0.464 e. The number of likely N-dealkylation sites (N-methyl/N-ethyl adjacent to an activating group) is 2. The molecule has 0 saturated carbocycles. The Kier molecular flexibility index (Phi) is 17.0. The van der Waals surface area contributed by atoms with E-state index in [0.29, 0.717) is 38.9 Å². The van der Waals surface area contributed by atoms with Crippen LogP contribution in [-0.4, -0.2) is 176 Å². The molecule has 3 saturated heterocycles. The number of benzene rings is 2. The van der Waals surface area contributed by atoms with Crippen molar-refractivity contribution in [2.24, 2.45) is 22.2 Å². The molecule has 6 atom stereocenters. The summed E-state index contributed by atoms with van der Waals surface area (Å²) in [7, 11) is 5.51. The van der Waals surface area contributed by atoms with Crippen LogP contribution in [-0.2, 0) is 46.4 Å². The molecule has 70 heavy (non-hydrogen) atoms. The van der Waals surface area contributed by atoms with Gasteiger partial charge in [-0.15, -0.1) is 0 Å². The third-order valence-corrected chi connectivity index (χ3v) is 15.2. The number of carbonyl (C=O) groups is 5. The first kappa shape index (κ1) is 52.4. The van der Waals surface area contributed by atoms with Gasteiger partial charge in [0.2, 0.25) is 17.7 Å². The Labute approximate surface area is 414 Å². The van der Waals surface area contributed by atoms with Gasteiger partial charge in [-0.25, -0.2) is 5.43 Å². The average Bonchev–Trinajstić information content (AvgIpc) is 3.95. The highest BCUT2D eigenvalue weighted by Gasteiger charge is 2.43. The van der Waals surface area contributed by atoms with Crippen molar-refractivity contribution in [3.05, 3.63) is 71.9 Å². The first-order valence-electron chi connectivity index (χ1n) is 25.3. The topological polar surface area (TPSA) is 161 Å². The molecule has 0 aliphatic carbocycles. The zero-order valence-electron chi connectivity index (χ0n) is 43.0. The van der Waals surface area contributed by atoms with Gasteiger partial charge in [-0.3, -0.25) is 38.9 Å². The molecule has 380 valence electrons. The van der Waals surface area contributed by atoms with Gasteiger partial charge in [0.25, 0.3) is 5.91 Å². The van der Waals surface area contributed by atoms with E-state index in [1.165, 1.54) is 16.0 Å². The van der Waals surface area contributed by atoms with Crippen LogP contribution in [0.4, 0.5) is 0 Å². The third kappa shape index (κ3) is 11.5. The van der Waals surface area contributed by atoms with E-state index in [1.807, 2.05) is 32.2 Å². The van der Waals surface area contributed by atoms with Gasteiger partial charge < -0.3 is 34.1 Å². The van der Waals surface area contributed by atoms with Crippen molar-refractivity contribution in [2.75, 3.05) is 86.7 Å². The number of cyclic esters (lactones) is 1. The van der Waals surface area contributed by atoms with E-state index in [0.717, 1.165) is 78.1 Å². The number of rotatable bonds is 13. The van der Waals surface area contributed by atoms with Crippen molar-refractivity contribution >= 4 is 46.7 Å². The number of hydrogen-bond acceptors (Lipinski definition) is 11. The van der Waals surface area contributed by atoms with Gasteiger partial charge >= 0.3 is 5.97 Å². The van der Waals surface area contributed by atoms with Crippen LogP contribution in [0, 0.1) is 24.2 Å². The fourth-order valence-corrected chi connectivity index (χ4v) is 11.2. The number of hydrazine groups is 1. The molecule has 4 amide bonds. The highest BCUT2D eigenvalue weighted by Crippen LogP contribution is 2.46. The third-order valence-electron chi connectivity index (χ3n) is 15.2. The number of carbonyl (C=O) groups excluding carboxylic acids is 5. The van der Waals surface area contributed by atoms with Gasteiger partial charge in [0.1, 0.15) is 18.1 Å². The van der Waals surface area contributed by atoms with Gasteiger partial charge in [0, 0.05) is 114 Å². The summed E-state index contributed by atoms with van der Waals surface area (Å²) in [5, 5.41) is 5.60. The van der Waals surface area contributed by atoms with E-state index >= 15 is 0 Å². The molecular weight excluding hydrogens is 887 g/mol. The molecule has 3 aromatic rings. The normalized spacial score (nSPS) is 23.6. The summed E-state index contributed by atoms with van der Waals surface area (Å²) >= 11 is 0. The monoisotopic (exact) mass is 964 g/mol. The van der Waals surface area contributed by atoms with Crippen LogP contribution in [0.25, 0.3) is 22.0 Å². The summed E-state index contributed by atoms with van der Waals surface area (Å²) in [4.78, 5) is 82.7. The zero-order valence-corrected chi connectivity index (χ0v) is 43.0. The van der Waals surface area contributed by atoms with E-state index in [1.54, 1.807) is 19.1 Å². The van der Waals surface area contributed by atoms with Crippen LogP contribution >= 0.6 is 0 Å². The van der Waals surface area contributed by atoms with Crippen LogP contribution in [0.2, 0.25) is 0 Å². The number of esters is 1. The van der Waals surface area contributed by atoms with Crippen LogP contribution < -0.4 is 10.7 Å². The van der Waals surface area contributed by atoms with Crippen molar-refractivity contribution in [3.63, 3.8) is 0 Å². The summed E-state index contributed by atoms with van der Waals surface area (Å²) in [5.74, 6) is -2.82. The number of methoxy groups -OCH3 is 1. The predicted octanol–water partition coefficient (Wildman–Crippen LogP) is 4.68. The highest BCUT2D eigenvalue weighted by molar-refractivity contribution is 5.94. The molecule has 0 radical (unpaired) electrons. The van der Waals surface area contributed by atoms with E-state index in [-0.39, 0.29) is 49.3 Å². The number of likely N-dealkylation sites (tertiary alicyclic amines) is 1. The van der Waals surface area contributed by atoms with Crippen molar-refractivity contribution in [1.29, 1.82) is 0 Å². The zero-order chi connectivity index (χ0) is 50.4. The number of ether oxygens (including phenoxy) is 2. The number of aromatic nitrogens is 1. The van der Waals surface area contributed by atoms with Crippen molar-refractivity contribution < 1.29 is 33.4 Å². The molecule has 16 heteroatoms. The predicted molar refractivity (Wildman–Crippen MR) is 273 cm³/mol. The molecule has 2 aromatic carbocycles. The molecule has 16 nitrogen and oxygen atoms in total. The summed E-state index contributed by atoms with van der Waals surface area (Å²) in [6.45, 7) is 23.0. The maximum atomic E-state index is 14.8. The number of amides is 4. The Hall–Kier alpha value is -5.42. The van der Waals surface area contributed by atoms with Gasteiger partial charge in [-0.05, 0) is 86.5 Å². The highest BCUT2D eigenvalue weighted by atomic mass is 16.5. The molecule has 2 N–H and O–H groups in total. The second-order valence-electron chi connectivity index (χ2n) is 20.9. The fourth-order valence-electron chi connectivity index (χ4n) is 11.2. The molecule has 0 spiro atoms. The first-order valence-corrected chi connectivity index (χ1v) is 25.3. The Balaban J connectivity index is 1.25. The summed E-state index contributed by atoms with van der Waals surface area (Å²) in [6.07, 6.45) is 4.52.